The number of benzene rings is 1. The highest BCUT2D eigenvalue weighted by molar-refractivity contribution is 5.24. The van der Waals surface area contributed by atoms with E-state index >= 15 is 0 Å². The number of hydrazine groups is 1. The van der Waals surface area contributed by atoms with Crippen molar-refractivity contribution in [2.75, 3.05) is 0 Å². The number of halogens is 2. The molecular formula is C15H22F2N2. The highest BCUT2D eigenvalue weighted by Crippen LogP contribution is 2.41. The molecule has 106 valence electrons. The molecule has 2 rings (SSSR count). The van der Waals surface area contributed by atoms with Crippen LogP contribution in [0.3, 0.4) is 0 Å². The van der Waals surface area contributed by atoms with E-state index in [4.69, 9.17) is 5.84 Å². The van der Waals surface area contributed by atoms with Crippen LogP contribution in [0.2, 0.25) is 0 Å². The van der Waals surface area contributed by atoms with Crippen LogP contribution < -0.4 is 11.3 Å². The molecule has 3 atom stereocenters. The zero-order chi connectivity index (χ0) is 13.8. The van der Waals surface area contributed by atoms with E-state index < -0.39 is 17.7 Å². The molecule has 0 saturated heterocycles. The highest BCUT2D eigenvalue weighted by Gasteiger charge is 2.33. The van der Waals surface area contributed by atoms with E-state index in [1.807, 2.05) is 0 Å². The van der Waals surface area contributed by atoms with E-state index in [2.05, 4.69) is 12.3 Å². The van der Waals surface area contributed by atoms with Gasteiger partial charge in [-0.1, -0.05) is 38.7 Å². The molecule has 0 amide bonds. The minimum atomic E-state index is -0.511. The van der Waals surface area contributed by atoms with Crippen molar-refractivity contribution in [1.29, 1.82) is 0 Å². The predicted molar refractivity (Wildman–Crippen MR) is 72.2 cm³/mol. The molecule has 1 aliphatic rings. The fourth-order valence-corrected chi connectivity index (χ4v) is 3.41. The van der Waals surface area contributed by atoms with Crippen LogP contribution in [-0.2, 0) is 0 Å². The van der Waals surface area contributed by atoms with Gasteiger partial charge in [-0.15, -0.1) is 0 Å². The van der Waals surface area contributed by atoms with Gasteiger partial charge in [-0.2, -0.15) is 0 Å². The van der Waals surface area contributed by atoms with Crippen LogP contribution in [0.25, 0.3) is 0 Å². The van der Waals surface area contributed by atoms with Gasteiger partial charge in [0.15, 0.2) is 0 Å². The Bertz CT molecular complexity index is 402. The maximum atomic E-state index is 13.9. The van der Waals surface area contributed by atoms with Crippen molar-refractivity contribution in [3.63, 3.8) is 0 Å². The van der Waals surface area contributed by atoms with Crippen molar-refractivity contribution < 1.29 is 8.78 Å². The van der Waals surface area contributed by atoms with E-state index in [1.165, 1.54) is 24.6 Å². The Labute approximate surface area is 113 Å². The quantitative estimate of drug-likeness (QED) is 0.645. The molecule has 0 radical (unpaired) electrons. The molecule has 0 bridgehead atoms. The van der Waals surface area contributed by atoms with Gasteiger partial charge in [0, 0.05) is 5.56 Å². The summed E-state index contributed by atoms with van der Waals surface area (Å²) in [4.78, 5) is 0. The molecule has 3 N–H and O–H groups in total. The molecule has 19 heavy (non-hydrogen) atoms. The molecular weight excluding hydrogens is 246 g/mol. The number of nitrogens with one attached hydrogen (secondary N) is 1. The van der Waals surface area contributed by atoms with Gasteiger partial charge in [-0.3, -0.25) is 11.3 Å². The second kappa shape index (κ2) is 6.44. The van der Waals surface area contributed by atoms with Crippen LogP contribution in [0.5, 0.6) is 0 Å². The van der Waals surface area contributed by atoms with Crippen molar-refractivity contribution in [3.8, 4) is 0 Å². The summed E-state index contributed by atoms with van der Waals surface area (Å²) < 4.78 is 27.9. The van der Waals surface area contributed by atoms with E-state index in [0.717, 1.165) is 25.7 Å². The Morgan fingerprint density at radius 2 is 1.89 bits per heavy atom. The molecule has 2 nitrogen and oxygen atoms in total. The van der Waals surface area contributed by atoms with E-state index in [1.54, 1.807) is 0 Å². The molecule has 0 spiro atoms. The lowest BCUT2D eigenvalue weighted by atomic mass is 9.72. The molecule has 0 aromatic heterocycles. The Morgan fingerprint density at radius 1 is 1.26 bits per heavy atom. The number of hydrogen-bond donors (Lipinski definition) is 2. The van der Waals surface area contributed by atoms with Crippen LogP contribution in [0.4, 0.5) is 8.78 Å². The fourth-order valence-electron chi connectivity index (χ4n) is 3.41. The smallest absolute Gasteiger partial charge is 0.130 e. The second-order valence-corrected chi connectivity index (χ2v) is 5.40. The number of rotatable bonds is 4. The van der Waals surface area contributed by atoms with Gasteiger partial charge >= 0.3 is 0 Å². The van der Waals surface area contributed by atoms with Crippen molar-refractivity contribution in [2.24, 2.45) is 17.7 Å². The Hall–Kier alpha value is -1.00. The summed E-state index contributed by atoms with van der Waals surface area (Å²) >= 11 is 0. The van der Waals surface area contributed by atoms with Crippen molar-refractivity contribution in [3.05, 3.63) is 35.4 Å². The standard InChI is InChI=1S/C15H22F2N2/c1-2-10-6-3-4-7-11(10)15(19-18)14-12(16)8-5-9-13(14)17/h5,8-11,15,19H,2-4,6-7,18H2,1H3. The zero-order valence-corrected chi connectivity index (χ0v) is 11.3. The van der Waals surface area contributed by atoms with E-state index in [-0.39, 0.29) is 11.5 Å². The van der Waals surface area contributed by atoms with Gasteiger partial charge in [0.1, 0.15) is 11.6 Å². The minimum Gasteiger partial charge on any atom is -0.271 e. The van der Waals surface area contributed by atoms with Crippen molar-refractivity contribution in [2.45, 2.75) is 45.1 Å². The average molecular weight is 268 g/mol. The lowest BCUT2D eigenvalue weighted by molar-refractivity contribution is 0.171. The average Bonchev–Trinajstić information content (AvgIpc) is 2.43. The topological polar surface area (TPSA) is 38.0 Å². The molecule has 1 aromatic carbocycles. The van der Waals surface area contributed by atoms with Crippen LogP contribution >= 0.6 is 0 Å². The van der Waals surface area contributed by atoms with Crippen LogP contribution in [-0.4, -0.2) is 0 Å². The molecule has 3 unspecified atom stereocenters. The zero-order valence-electron chi connectivity index (χ0n) is 11.3. The predicted octanol–water partition coefficient (Wildman–Crippen LogP) is 3.69. The molecule has 1 saturated carbocycles. The summed E-state index contributed by atoms with van der Waals surface area (Å²) in [6, 6.07) is 3.55. The monoisotopic (exact) mass is 268 g/mol. The Kier molecular flexibility index (Phi) is 4.88. The summed E-state index contributed by atoms with van der Waals surface area (Å²) in [5.41, 5.74) is 2.75. The first-order chi connectivity index (χ1) is 9.19. The SMILES string of the molecule is CCC1CCCCC1C(NN)c1c(F)cccc1F. The largest absolute Gasteiger partial charge is 0.271 e. The fraction of sp³-hybridized carbons (Fsp3) is 0.600. The van der Waals surface area contributed by atoms with E-state index in [0.29, 0.717) is 5.92 Å². The number of hydrogen-bond acceptors (Lipinski definition) is 2. The third kappa shape index (κ3) is 2.95. The van der Waals surface area contributed by atoms with Crippen LogP contribution in [0.15, 0.2) is 18.2 Å². The summed E-state index contributed by atoms with van der Waals surface area (Å²) in [5.74, 6) is 5.27. The molecule has 1 fully saturated rings. The molecule has 1 aromatic rings. The summed E-state index contributed by atoms with van der Waals surface area (Å²) in [5, 5.41) is 0. The summed E-state index contributed by atoms with van der Waals surface area (Å²) in [6.07, 6.45) is 5.43. The second-order valence-electron chi connectivity index (χ2n) is 5.40. The number of nitrogens with two attached hydrogens (primary N) is 1. The van der Waals surface area contributed by atoms with Gasteiger partial charge in [-0.05, 0) is 30.4 Å². The first kappa shape index (κ1) is 14.4. The Morgan fingerprint density at radius 3 is 2.47 bits per heavy atom. The molecule has 4 heteroatoms. The lowest BCUT2D eigenvalue weighted by Crippen LogP contribution is -2.39. The Balaban J connectivity index is 2.33. The first-order valence-electron chi connectivity index (χ1n) is 7.09. The summed E-state index contributed by atoms with van der Waals surface area (Å²) in [7, 11) is 0. The van der Waals surface area contributed by atoms with Gasteiger partial charge in [0.25, 0.3) is 0 Å². The third-order valence-corrected chi connectivity index (χ3v) is 4.41. The maximum Gasteiger partial charge on any atom is 0.130 e. The molecule has 0 heterocycles. The third-order valence-electron chi connectivity index (χ3n) is 4.41. The minimum absolute atomic E-state index is 0.0929. The van der Waals surface area contributed by atoms with Gasteiger partial charge in [0.05, 0.1) is 6.04 Å². The normalized spacial score (nSPS) is 25.3. The molecule has 0 aliphatic heterocycles. The van der Waals surface area contributed by atoms with Gasteiger partial charge in [-0.25, -0.2) is 8.78 Å². The van der Waals surface area contributed by atoms with Crippen molar-refractivity contribution >= 4 is 0 Å². The maximum absolute atomic E-state index is 13.9. The van der Waals surface area contributed by atoms with Crippen LogP contribution in [0, 0.1) is 23.5 Å². The van der Waals surface area contributed by atoms with E-state index in [9.17, 15) is 8.78 Å². The van der Waals surface area contributed by atoms with Crippen molar-refractivity contribution in [1.82, 2.24) is 5.43 Å². The van der Waals surface area contributed by atoms with Gasteiger partial charge < -0.3 is 0 Å². The van der Waals surface area contributed by atoms with Crippen LogP contribution in [0.1, 0.15) is 50.6 Å². The molecule has 1 aliphatic carbocycles. The summed E-state index contributed by atoms with van der Waals surface area (Å²) in [6.45, 7) is 2.13. The van der Waals surface area contributed by atoms with Gasteiger partial charge in [0.2, 0.25) is 0 Å². The highest BCUT2D eigenvalue weighted by atomic mass is 19.1. The lowest BCUT2D eigenvalue weighted by Gasteiger charge is -2.37. The first-order valence-corrected chi connectivity index (χ1v) is 7.09.